The Hall–Kier alpha value is -2.31. The van der Waals surface area contributed by atoms with Gasteiger partial charge in [-0.25, -0.2) is 0 Å². The van der Waals surface area contributed by atoms with Crippen LogP contribution in [0.2, 0.25) is 0 Å². The van der Waals surface area contributed by atoms with E-state index in [1.165, 1.54) is 34.8 Å². The van der Waals surface area contributed by atoms with E-state index >= 15 is 0 Å². The summed E-state index contributed by atoms with van der Waals surface area (Å²) in [4.78, 5) is 56.8. The molecule has 1 atom stereocenters. The molecule has 0 saturated carbocycles. The summed E-state index contributed by atoms with van der Waals surface area (Å²) in [6, 6.07) is 0. The molecule has 0 bridgehead atoms. The lowest BCUT2D eigenvalue weighted by atomic mass is 9.83. The standard InChI is InChI=1S/C15H26O8S.C12H22O7S/c1-5-6-14(18)22-8-7-21-9-10-24(19,20)23-11-15(4,12(2)16)13(3)17;1-4-5-6-18-12(14)7-11(13)9-20(15,16)19-10(2)8-17-3/h5-11H2,1-4H3;10H,4-9H2,1-3H3. The molecule has 44 heavy (non-hydrogen) atoms. The Bertz CT molecular complexity index is 1100. The summed E-state index contributed by atoms with van der Waals surface area (Å²) < 4.78 is 75.4. The molecule has 0 radical (unpaired) electrons. The number of methoxy groups -OCH3 is 1. The van der Waals surface area contributed by atoms with Crippen molar-refractivity contribution in [1.29, 1.82) is 0 Å². The van der Waals surface area contributed by atoms with Crippen LogP contribution in [0, 0.1) is 5.41 Å². The van der Waals surface area contributed by atoms with E-state index < -0.39 is 79.6 Å². The summed E-state index contributed by atoms with van der Waals surface area (Å²) in [6.07, 6.45) is 1.33. The minimum Gasteiger partial charge on any atom is -0.465 e. The highest BCUT2D eigenvalue weighted by Gasteiger charge is 2.37. The molecule has 0 N–H and O–H groups in total. The Balaban J connectivity index is 0. The molecule has 15 nitrogen and oxygen atoms in total. The van der Waals surface area contributed by atoms with Crippen LogP contribution >= 0.6 is 0 Å². The number of rotatable bonds is 24. The van der Waals surface area contributed by atoms with Crippen molar-refractivity contribution >= 4 is 49.5 Å². The summed E-state index contributed by atoms with van der Waals surface area (Å²) in [5.74, 6) is -4.00. The van der Waals surface area contributed by atoms with Gasteiger partial charge in [0.05, 0.1) is 44.9 Å². The van der Waals surface area contributed by atoms with Gasteiger partial charge >= 0.3 is 11.9 Å². The summed E-state index contributed by atoms with van der Waals surface area (Å²) in [7, 11) is -6.53. The quantitative estimate of drug-likeness (QED) is 0.0615. The fourth-order valence-corrected chi connectivity index (χ4v) is 4.78. The van der Waals surface area contributed by atoms with Gasteiger partial charge in [0, 0.05) is 13.5 Å². The van der Waals surface area contributed by atoms with Crippen molar-refractivity contribution in [3.8, 4) is 0 Å². The van der Waals surface area contributed by atoms with Gasteiger partial charge in [-0.3, -0.25) is 32.3 Å². The zero-order valence-corrected chi connectivity index (χ0v) is 28.3. The number of esters is 2. The number of unbranched alkanes of at least 4 members (excludes halogenated alkanes) is 1. The van der Waals surface area contributed by atoms with Gasteiger partial charge in [-0.2, -0.15) is 16.8 Å². The van der Waals surface area contributed by atoms with Gasteiger partial charge in [0.1, 0.15) is 35.8 Å². The van der Waals surface area contributed by atoms with Crippen LogP contribution in [-0.2, 0) is 71.5 Å². The number of ether oxygens (including phenoxy) is 4. The fraction of sp³-hybridized carbons (Fsp3) is 0.815. The third-order valence-electron chi connectivity index (χ3n) is 5.66. The van der Waals surface area contributed by atoms with Crippen LogP contribution in [0.15, 0.2) is 0 Å². The van der Waals surface area contributed by atoms with Crippen molar-refractivity contribution in [1.82, 2.24) is 0 Å². The van der Waals surface area contributed by atoms with E-state index in [-0.39, 0.29) is 39.0 Å². The summed E-state index contributed by atoms with van der Waals surface area (Å²) in [6.45, 7) is 8.81. The van der Waals surface area contributed by atoms with Gasteiger partial charge in [-0.05, 0) is 40.5 Å². The van der Waals surface area contributed by atoms with Crippen molar-refractivity contribution in [2.45, 2.75) is 79.8 Å². The van der Waals surface area contributed by atoms with Crippen LogP contribution in [0.3, 0.4) is 0 Å². The van der Waals surface area contributed by atoms with Crippen molar-refractivity contribution in [3.05, 3.63) is 0 Å². The first-order valence-electron chi connectivity index (χ1n) is 14.0. The first kappa shape index (κ1) is 43.8. The van der Waals surface area contributed by atoms with E-state index in [0.29, 0.717) is 19.3 Å². The van der Waals surface area contributed by atoms with E-state index in [1.54, 1.807) is 0 Å². The minimum absolute atomic E-state index is 0.0481. The van der Waals surface area contributed by atoms with E-state index in [9.17, 15) is 40.8 Å². The van der Waals surface area contributed by atoms with Crippen LogP contribution in [-0.4, -0.2) is 110 Å². The molecule has 1 unspecified atom stereocenters. The maximum atomic E-state index is 11.7. The Morgan fingerprint density at radius 1 is 0.795 bits per heavy atom. The molecule has 0 rings (SSSR count). The highest BCUT2D eigenvalue weighted by Crippen LogP contribution is 2.20. The van der Waals surface area contributed by atoms with Gasteiger partial charge in [0.15, 0.2) is 5.78 Å². The normalized spacial score (nSPS) is 12.4. The molecule has 17 heteroatoms. The van der Waals surface area contributed by atoms with Crippen LogP contribution in [0.25, 0.3) is 0 Å². The molecule has 0 saturated heterocycles. The lowest BCUT2D eigenvalue weighted by Crippen LogP contribution is -2.39. The summed E-state index contributed by atoms with van der Waals surface area (Å²) >= 11 is 0. The van der Waals surface area contributed by atoms with Crippen LogP contribution in [0.5, 0.6) is 0 Å². The molecule has 0 aliphatic heterocycles. The smallest absolute Gasteiger partial charge is 0.313 e. The highest BCUT2D eigenvalue weighted by atomic mass is 32.2. The SMILES string of the molecule is CCCC(=O)OCCOCCS(=O)(=O)OCC(C)(C(C)=O)C(C)=O.CCCCOC(=O)CC(=O)CS(=O)(=O)OC(C)COC. The van der Waals surface area contributed by atoms with Crippen molar-refractivity contribution < 1.29 is 68.1 Å². The maximum absolute atomic E-state index is 11.7. The number of carbonyl (C=O) groups excluding carboxylic acids is 5. The average molecular weight is 677 g/mol. The van der Waals surface area contributed by atoms with Crippen molar-refractivity contribution in [3.63, 3.8) is 0 Å². The molecular weight excluding hydrogens is 628 g/mol. The topological polar surface area (TPSA) is 209 Å². The Morgan fingerprint density at radius 2 is 1.39 bits per heavy atom. The predicted octanol–water partition coefficient (Wildman–Crippen LogP) is 1.55. The van der Waals surface area contributed by atoms with Crippen LogP contribution in [0.1, 0.15) is 73.6 Å². The maximum Gasteiger partial charge on any atom is 0.313 e. The zero-order chi connectivity index (χ0) is 34.4. The molecule has 0 aromatic heterocycles. The highest BCUT2D eigenvalue weighted by molar-refractivity contribution is 7.87. The van der Waals surface area contributed by atoms with E-state index in [4.69, 9.17) is 27.3 Å². The summed E-state index contributed by atoms with van der Waals surface area (Å²) in [5, 5.41) is 0. The van der Waals surface area contributed by atoms with E-state index in [0.717, 1.165) is 6.42 Å². The van der Waals surface area contributed by atoms with Gasteiger partial charge < -0.3 is 18.9 Å². The average Bonchev–Trinajstić information content (AvgIpc) is 2.89. The lowest BCUT2D eigenvalue weighted by molar-refractivity contribution is -0.146. The summed E-state index contributed by atoms with van der Waals surface area (Å²) in [5.41, 5.74) is -1.48. The molecule has 0 aliphatic carbocycles. The van der Waals surface area contributed by atoms with Crippen molar-refractivity contribution in [2.24, 2.45) is 5.41 Å². The molecule has 0 amide bonds. The number of hydrogen-bond acceptors (Lipinski definition) is 15. The monoisotopic (exact) mass is 676 g/mol. The molecule has 0 aliphatic rings. The van der Waals surface area contributed by atoms with E-state index in [2.05, 4.69) is 0 Å². The predicted molar refractivity (Wildman–Crippen MR) is 158 cm³/mol. The Labute approximate surface area is 260 Å². The first-order valence-corrected chi connectivity index (χ1v) is 17.2. The van der Waals surface area contributed by atoms with Gasteiger partial charge in [0.25, 0.3) is 20.2 Å². The minimum atomic E-state index is -4.01. The Morgan fingerprint density at radius 3 is 1.91 bits per heavy atom. The molecule has 0 heterocycles. The molecular formula is C27H48O15S2. The van der Waals surface area contributed by atoms with Gasteiger partial charge in [-0.15, -0.1) is 0 Å². The number of carbonyl (C=O) groups is 5. The van der Waals surface area contributed by atoms with Crippen LogP contribution < -0.4 is 0 Å². The second-order valence-electron chi connectivity index (χ2n) is 9.90. The third-order valence-corrected chi connectivity index (χ3v) is 8.10. The van der Waals surface area contributed by atoms with Crippen LogP contribution in [0.4, 0.5) is 0 Å². The molecule has 258 valence electrons. The van der Waals surface area contributed by atoms with E-state index in [1.807, 2.05) is 13.8 Å². The van der Waals surface area contributed by atoms with Crippen molar-refractivity contribution in [2.75, 3.05) is 58.3 Å². The van der Waals surface area contributed by atoms with Gasteiger partial charge in [-0.1, -0.05) is 20.3 Å². The van der Waals surface area contributed by atoms with Gasteiger partial charge in [0.2, 0.25) is 0 Å². The molecule has 0 aromatic rings. The largest absolute Gasteiger partial charge is 0.465 e. The number of Topliss-reactive ketones (excluding diaryl/α,β-unsaturated/α-hetero) is 3. The second-order valence-corrected chi connectivity index (χ2v) is 13.3. The second kappa shape index (κ2) is 23.1. The fourth-order valence-electron chi connectivity index (χ4n) is 2.81. The Kier molecular flexibility index (Phi) is 23.0. The zero-order valence-electron chi connectivity index (χ0n) is 26.7. The molecule has 0 spiro atoms. The molecule has 0 fully saturated rings. The number of ketones is 3. The third kappa shape index (κ3) is 22.2. The molecule has 0 aromatic carbocycles. The lowest BCUT2D eigenvalue weighted by Gasteiger charge is -2.22. The first-order chi connectivity index (χ1) is 20.4. The number of hydrogen-bond donors (Lipinski definition) is 0.